The summed E-state index contributed by atoms with van der Waals surface area (Å²) in [7, 11) is 0. The van der Waals surface area contributed by atoms with Crippen LogP contribution in [-0.2, 0) is 5.54 Å². The van der Waals surface area contributed by atoms with Crippen LogP contribution in [0.15, 0.2) is 72.9 Å². The molecule has 2 aromatic rings. The lowest BCUT2D eigenvalue weighted by molar-refractivity contribution is 0.104. The molecule has 0 heterocycles. The topological polar surface area (TPSA) is 29.1 Å². The van der Waals surface area contributed by atoms with Crippen LogP contribution in [0.2, 0.25) is 0 Å². The molecular weight excluding hydrogens is 246 g/mol. The van der Waals surface area contributed by atoms with Crippen LogP contribution in [0.25, 0.3) is 0 Å². The molecule has 0 unspecified atom stereocenters. The first-order valence-electron chi connectivity index (χ1n) is 6.69. The highest BCUT2D eigenvalue weighted by molar-refractivity contribution is 6.04. The van der Waals surface area contributed by atoms with E-state index in [1.807, 2.05) is 48.5 Å². The van der Waals surface area contributed by atoms with Crippen molar-refractivity contribution in [1.29, 1.82) is 0 Å². The molecule has 2 rings (SSSR count). The molecule has 0 amide bonds. The predicted molar refractivity (Wildman–Crippen MR) is 82.5 cm³/mol. The van der Waals surface area contributed by atoms with Gasteiger partial charge in [0.25, 0.3) is 0 Å². The number of nitrogens with one attached hydrogen (secondary N) is 1. The number of hydrogen-bond donors (Lipinski definition) is 1. The molecule has 0 aliphatic rings. The molecule has 0 radical (unpaired) electrons. The van der Waals surface area contributed by atoms with E-state index in [4.69, 9.17) is 0 Å². The highest BCUT2D eigenvalue weighted by Crippen LogP contribution is 2.19. The molecule has 2 aromatic carbocycles. The van der Waals surface area contributed by atoms with Crippen molar-refractivity contribution in [2.45, 2.75) is 19.4 Å². The minimum Gasteiger partial charge on any atom is -0.382 e. The maximum absolute atomic E-state index is 11.9. The minimum absolute atomic E-state index is 0.00182. The van der Waals surface area contributed by atoms with Crippen LogP contribution in [0, 0.1) is 0 Å². The van der Waals surface area contributed by atoms with Crippen molar-refractivity contribution < 1.29 is 4.79 Å². The van der Waals surface area contributed by atoms with Crippen molar-refractivity contribution in [2.75, 3.05) is 0 Å². The number of hydrogen-bond acceptors (Lipinski definition) is 2. The monoisotopic (exact) mass is 265 g/mol. The van der Waals surface area contributed by atoms with Gasteiger partial charge in [0, 0.05) is 17.8 Å². The average Bonchev–Trinajstić information content (AvgIpc) is 2.49. The number of ketones is 1. The van der Waals surface area contributed by atoms with Crippen molar-refractivity contribution in [3.63, 3.8) is 0 Å². The van der Waals surface area contributed by atoms with Gasteiger partial charge < -0.3 is 5.32 Å². The van der Waals surface area contributed by atoms with E-state index in [-0.39, 0.29) is 11.3 Å². The Morgan fingerprint density at radius 1 is 0.950 bits per heavy atom. The third-order valence-corrected chi connectivity index (χ3v) is 3.23. The van der Waals surface area contributed by atoms with Gasteiger partial charge in [-0.3, -0.25) is 4.79 Å². The smallest absolute Gasteiger partial charge is 0.187 e. The normalized spacial score (nSPS) is 11.5. The lowest BCUT2D eigenvalue weighted by Gasteiger charge is -2.25. The highest BCUT2D eigenvalue weighted by Gasteiger charge is 2.17. The van der Waals surface area contributed by atoms with Crippen molar-refractivity contribution in [3.8, 4) is 0 Å². The summed E-state index contributed by atoms with van der Waals surface area (Å²) < 4.78 is 0. The molecule has 0 saturated carbocycles. The molecule has 0 atom stereocenters. The third-order valence-electron chi connectivity index (χ3n) is 3.23. The fourth-order valence-corrected chi connectivity index (χ4v) is 1.96. The summed E-state index contributed by atoms with van der Waals surface area (Å²) in [6.45, 7) is 4.17. The Bertz CT molecular complexity index is 585. The van der Waals surface area contributed by atoms with E-state index >= 15 is 0 Å². The summed E-state index contributed by atoms with van der Waals surface area (Å²) in [5, 5.41) is 3.27. The summed E-state index contributed by atoms with van der Waals surface area (Å²) in [5.74, 6) is 0.00182. The van der Waals surface area contributed by atoms with E-state index in [0.29, 0.717) is 5.56 Å². The Morgan fingerprint density at radius 3 is 2.10 bits per heavy atom. The van der Waals surface area contributed by atoms with Gasteiger partial charge in [-0.25, -0.2) is 0 Å². The summed E-state index contributed by atoms with van der Waals surface area (Å²) in [5.41, 5.74) is 1.66. The first-order valence-corrected chi connectivity index (χ1v) is 6.69. The Morgan fingerprint density at radius 2 is 1.50 bits per heavy atom. The van der Waals surface area contributed by atoms with Crippen molar-refractivity contribution in [3.05, 3.63) is 84.1 Å². The molecule has 2 nitrogen and oxygen atoms in total. The zero-order chi connectivity index (χ0) is 14.4. The Hall–Kier alpha value is -2.35. The quantitative estimate of drug-likeness (QED) is 0.656. The molecule has 0 saturated heterocycles. The molecule has 0 aliphatic heterocycles. The van der Waals surface area contributed by atoms with E-state index in [2.05, 4.69) is 31.3 Å². The fraction of sp³-hybridized carbons (Fsp3) is 0.167. The van der Waals surface area contributed by atoms with Gasteiger partial charge in [-0.1, -0.05) is 60.7 Å². The number of benzene rings is 2. The van der Waals surface area contributed by atoms with Gasteiger partial charge in [0.15, 0.2) is 5.78 Å². The van der Waals surface area contributed by atoms with Crippen molar-refractivity contribution >= 4 is 5.78 Å². The minimum atomic E-state index is -0.214. The van der Waals surface area contributed by atoms with Crippen LogP contribution >= 0.6 is 0 Å². The van der Waals surface area contributed by atoms with Gasteiger partial charge in [0.1, 0.15) is 0 Å². The lowest BCUT2D eigenvalue weighted by Crippen LogP contribution is -2.32. The molecule has 20 heavy (non-hydrogen) atoms. The van der Waals surface area contributed by atoms with Crippen LogP contribution in [0.5, 0.6) is 0 Å². The zero-order valence-electron chi connectivity index (χ0n) is 11.8. The molecule has 0 aliphatic carbocycles. The number of allylic oxidation sites excluding steroid dienone is 1. The number of rotatable bonds is 5. The Kier molecular flexibility index (Phi) is 4.36. The second-order valence-electron chi connectivity index (χ2n) is 5.20. The summed E-state index contributed by atoms with van der Waals surface area (Å²) in [4.78, 5) is 11.9. The lowest BCUT2D eigenvalue weighted by atomic mass is 9.94. The molecule has 0 spiro atoms. The second kappa shape index (κ2) is 6.20. The molecule has 1 N–H and O–H groups in total. The van der Waals surface area contributed by atoms with Gasteiger partial charge in [-0.15, -0.1) is 0 Å². The van der Waals surface area contributed by atoms with E-state index in [9.17, 15) is 4.79 Å². The first kappa shape index (κ1) is 14.1. The largest absolute Gasteiger partial charge is 0.382 e. The number of carbonyl (C=O) groups is 1. The summed E-state index contributed by atoms with van der Waals surface area (Å²) >= 11 is 0. The molecule has 0 bridgehead atoms. The molecule has 2 heteroatoms. The van der Waals surface area contributed by atoms with E-state index in [1.165, 1.54) is 5.56 Å². The average molecular weight is 265 g/mol. The number of carbonyl (C=O) groups excluding carboxylic acids is 1. The Labute approximate surface area is 120 Å². The van der Waals surface area contributed by atoms with E-state index < -0.39 is 0 Å². The molecule has 0 aromatic heterocycles. The van der Waals surface area contributed by atoms with E-state index in [0.717, 1.165) is 0 Å². The van der Waals surface area contributed by atoms with Gasteiger partial charge in [-0.2, -0.15) is 0 Å². The van der Waals surface area contributed by atoms with Crippen LogP contribution in [0.4, 0.5) is 0 Å². The van der Waals surface area contributed by atoms with Gasteiger partial charge in [0.2, 0.25) is 0 Å². The van der Waals surface area contributed by atoms with Gasteiger partial charge >= 0.3 is 0 Å². The molecular formula is C18H19NO. The maximum atomic E-state index is 11.9. The summed E-state index contributed by atoms with van der Waals surface area (Å²) in [6.07, 6.45) is 3.29. The highest BCUT2D eigenvalue weighted by atomic mass is 16.1. The summed E-state index contributed by atoms with van der Waals surface area (Å²) in [6, 6.07) is 19.4. The SMILES string of the molecule is CC(C)(N/C=C\C(=O)c1ccccc1)c1ccccc1. The van der Waals surface area contributed by atoms with Crippen molar-refractivity contribution in [1.82, 2.24) is 5.32 Å². The van der Waals surface area contributed by atoms with Crippen LogP contribution in [0.3, 0.4) is 0 Å². The van der Waals surface area contributed by atoms with Crippen molar-refractivity contribution in [2.24, 2.45) is 0 Å². The maximum Gasteiger partial charge on any atom is 0.187 e. The Balaban J connectivity index is 2.01. The van der Waals surface area contributed by atoms with Crippen LogP contribution < -0.4 is 5.32 Å². The predicted octanol–water partition coefficient (Wildman–Crippen LogP) is 3.91. The van der Waals surface area contributed by atoms with Gasteiger partial charge in [0.05, 0.1) is 5.54 Å². The molecule has 0 fully saturated rings. The molecule has 102 valence electrons. The first-order chi connectivity index (χ1) is 9.59. The van der Waals surface area contributed by atoms with Crippen LogP contribution in [0.1, 0.15) is 29.8 Å². The zero-order valence-corrected chi connectivity index (χ0v) is 11.8. The standard InChI is InChI=1S/C18H19NO/c1-18(2,16-11-7-4-8-12-16)19-14-13-17(20)15-9-5-3-6-10-15/h3-14,19H,1-2H3/b14-13-. The second-order valence-corrected chi connectivity index (χ2v) is 5.20. The van der Waals surface area contributed by atoms with E-state index in [1.54, 1.807) is 12.3 Å². The van der Waals surface area contributed by atoms with Gasteiger partial charge in [-0.05, 0) is 19.4 Å². The van der Waals surface area contributed by atoms with Crippen LogP contribution in [-0.4, -0.2) is 5.78 Å². The third kappa shape index (κ3) is 3.58. The fourth-order valence-electron chi connectivity index (χ4n) is 1.96.